The first-order chi connectivity index (χ1) is 8.58. The highest BCUT2D eigenvalue weighted by molar-refractivity contribution is 5.92. The number of aromatic nitrogens is 1. The van der Waals surface area contributed by atoms with Crippen molar-refractivity contribution in [3.63, 3.8) is 0 Å². The number of piperidine rings is 1. The Balaban J connectivity index is 0.00000180. The number of nitrogens with two attached hydrogens (primary N) is 1. The van der Waals surface area contributed by atoms with Crippen molar-refractivity contribution >= 4 is 24.1 Å². The van der Waals surface area contributed by atoms with Gasteiger partial charge in [-0.2, -0.15) is 0 Å². The molecule has 0 spiro atoms. The lowest BCUT2D eigenvalue weighted by atomic mass is 10.0. The monoisotopic (exact) mass is 284 g/mol. The Labute approximate surface area is 120 Å². The van der Waals surface area contributed by atoms with Crippen LogP contribution in [-0.2, 0) is 0 Å². The first-order valence-corrected chi connectivity index (χ1v) is 6.26. The number of anilines is 1. The zero-order valence-corrected chi connectivity index (χ0v) is 12.2. The number of carbonyl (C=O) groups excluding carboxylic acids is 1. The van der Waals surface area contributed by atoms with Gasteiger partial charge in [0.05, 0.1) is 0 Å². The molecule has 2 heterocycles. The molecular formula is C13H21ClN4O. The minimum Gasteiger partial charge on any atom is -0.384 e. The number of halogens is 1. The summed E-state index contributed by atoms with van der Waals surface area (Å²) in [6.45, 7) is 2.03. The summed E-state index contributed by atoms with van der Waals surface area (Å²) >= 11 is 0. The van der Waals surface area contributed by atoms with E-state index in [0.717, 1.165) is 25.9 Å². The van der Waals surface area contributed by atoms with Crippen molar-refractivity contribution in [2.75, 3.05) is 32.9 Å². The highest BCUT2D eigenvalue weighted by Gasteiger charge is 2.25. The van der Waals surface area contributed by atoms with Gasteiger partial charge in [-0.3, -0.25) is 4.79 Å². The zero-order valence-electron chi connectivity index (χ0n) is 11.4. The number of rotatable bonds is 2. The summed E-state index contributed by atoms with van der Waals surface area (Å²) in [4.78, 5) is 20.4. The van der Waals surface area contributed by atoms with Gasteiger partial charge < -0.3 is 15.5 Å². The summed E-state index contributed by atoms with van der Waals surface area (Å²) in [5, 5.41) is 0. The van der Waals surface area contributed by atoms with Crippen LogP contribution in [0.4, 0.5) is 5.82 Å². The van der Waals surface area contributed by atoms with Crippen LogP contribution in [0.25, 0.3) is 0 Å². The van der Waals surface area contributed by atoms with E-state index >= 15 is 0 Å². The Bertz CT molecular complexity index is 440. The second-order valence-corrected chi connectivity index (χ2v) is 4.92. The maximum Gasteiger partial charge on any atom is 0.272 e. The molecule has 1 aromatic heterocycles. The van der Waals surface area contributed by atoms with E-state index in [-0.39, 0.29) is 24.4 Å². The molecule has 1 amide bonds. The van der Waals surface area contributed by atoms with Gasteiger partial charge in [0.25, 0.3) is 5.91 Å². The van der Waals surface area contributed by atoms with Crippen LogP contribution in [-0.4, -0.2) is 53.9 Å². The molecule has 1 fully saturated rings. The molecule has 106 valence electrons. The van der Waals surface area contributed by atoms with E-state index < -0.39 is 0 Å². The highest BCUT2D eigenvalue weighted by Crippen LogP contribution is 2.15. The van der Waals surface area contributed by atoms with E-state index in [4.69, 9.17) is 5.73 Å². The maximum atomic E-state index is 12.3. The summed E-state index contributed by atoms with van der Waals surface area (Å²) in [5.41, 5.74) is 6.03. The molecule has 2 rings (SSSR count). The van der Waals surface area contributed by atoms with Crippen LogP contribution in [0.2, 0.25) is 0 Å². The van der Waals surface area contributed by atoms with Crippen molar-refractivity contribution < 1.29 is 4.79 Å². The number of amides is 1. The predicted molar refractivity (Wildman–Crippen MR) is 78.5 cm³/mol. The topological polar surface area (TPSA) is 62.5 Å². The number of pyridine rings is 1. The molecule has 0 saturated carbocycles. The third kappa shape index (κ3) is 3.81. The largest absolute Gasteiger partial charge is 0.384 e. The van der Waals surface area contributed by atoms with Gasteiger partial charge in [-0.15, -0.1) is 12.4 Å². The minimum atomic E-state index is -0.0531. The lowest BCUT2D eigenvalue weighted by molar-refractivity contribution is 0.0638. The molecule has 1 saturated heterocycles. The highest BCUT2D eigenvalue weighted by atomic mass is 35.5. The molecule has 1 aliphatic rings. The molecule has 1 atom stereocenters. The van der Waals surface area contributed by atoms with Crippen molar-refractivity contribution in [2.45, 2.75) is 18.9 Å². The van der Waals surface area contributed by atoms with Crippen LogP contribution in [0.3, 0.4) is 0 Å². The number of nitrogens with zero attached hydrogens (tertiary/aromatic N) is 3. The molecule has 0 radical (unpaired) electrons. The SMILES string of the molecule is CN1CCCC(N(C)C(=O)c2cccc(N)n2)C1.Cl. The zero-order chi connectivity index (χ0) is 13.1. The summed E-state index contributed by atoms with van der Waals surface area (Å²) in [7, 11) is 3.93. The van der Waals surface area contributed by atoms with E-state index in [9.17, 15) is 4.79 Å². The molecule has 1 aromatic rings. The number of hydrogen-bond acceptors (Lipinski definition) is 4. The quantitative estimate of drug-likeness (QED) is 0.888. The van der Waals surface area contributed by atoms with Gasteiger partial charge in [0.15, 0.2) is 0 Å². The van der Waals surface area contributed by atoms with Crippen LogP contribution < -0.4 is 5.73 Å². The average molecular weight is 285 g/mol. The fourth-order valence-corrected chi connectivity index (χ4v) is 2.37. The van der Waals surface area contributed by atoms with E-state index in [0.29, 0.717) is 11.5 Å². The van der Waals surface area contributed by atoms with Crippen LogP contribution in [0, 0.1) is 0 Å². The number of hydrogen-bond donors (Lipinski definition) is 1. The minimum absolute atomic E-state index is 0. The first-order valence-electron chi connectivity index (χ1n) is 6.26. The normalized spacial score (nSPS) is 19.6. The second kappa shape index (κ2) is 6.73. The third-order valence-corrected chi connectivity index (χ3v) is 3.46. The van der Waals surface area contributed by atoms with Crippen LogP contribution in [0.15, 0.2) is 18.2 Å². The van der Waals surface area contributed by atoms with Gasteiger partial charge in [-0.05, 0) is 38.6 Å². The fourth-order valence-electron chi connectivity index (χ4n) is 2.37. The molecule has 6 heteroatoms. The van der Waals surface area contributed by atoms with E-state index in [2.05, 4.69) is 16.9 Å². The van der Waals surface area contributed by atoms with Gasteiger partial charge in [0.1, 0.15) is 11.5 Å². The molecule has 1 unspecified atom stereocenters. The van der Waals surface area contributed by atoms with Gasteiger partial charge in [0, 0.05) is 19.6 Å². The lowest BCUT2D eigenvalue weighted by Crippen LogP contribution is -2.47. The summed E-state index contributed by atoms with van der Waals surface area (Å²) < 4.78 is 0. The molecule has 5 nitrogen and oxygen atoms in total. The Morgan fingerprint density at radius 3 is 2.89 bits per heavy atom. The van der Waals surface area contributed by atoms with Crippen molar-refractivity contribution in [1.29, 1.82) is 0 Å². The predicted octanol–water partition coefficient (Wildman–Crippen LogP) is 1.25. The lowest BCUT2D eigenvalue weighted by Gasteiger charge is -2.35. The Morgan fingerprint density at radius 1 is 1.53 bits per heavy atom. The molecule has 1 aliphatic heterocycles. The van der Waals surface area contributed by atoms with Gasteiger partial charge >= 0.3 is 0 Å². The van der Waals surface area contributed by atoms with Crippen molar-refractivity contribution in [3.05, 3.63) is 23.9 Å². The fraction of sp³-hybridized carbons (Fsp3) is 0.538. The van der Waals surface area contributed by atoms with Gasteiger partial charge in [-0.1, -0.05) is 6.07 Å². The van der Waals surface area contributed by atoms with E-state index in [1.165, 1.54) is 0 Å². The second-order valence-electron chi connectivity index (χ2n) is 4.92. The molecule has 0 bridgehead atoms. The Hall–Kier alpha value is -1.33. The summed E-state index contributed by atoms with van der Waals surface area (Å²) in [6.07, 6.45) is 2.18. The van der Waals surface area contributed by atoms with Crippen LogP contribution in [0.1, 0.15) is 23.3 Å². The number of nitrogen functional groups attached to an aromatic ring is 1. The number of carbonyl (C=O) groups is 1. The Kier molecular flexibility index (Phi) is 5.57. The molecule has 0 aliphatic carbocycles. The van der Waals surface area contributed by atoms with E-state index in [1.54, 1.807) is 23.1 Å². The number of likely N-dealkylation sites (N-methyl/N-ethyl adjacent to an activating group) is 2. The average Bonchev–Trinajstić information content (AvgIpc) is 2.37. The standard InChI is InChI=1S/C13H20N4O.ClH/c1-16-8-4-5-10(9-16)17(2)13(18)11-6-3-7-12(14)15-11;/h3,6-7,10H,4-5,8-9H2,1-2H3,(H2,14,15);1H. The maximum absolute atomic E-state index is 12.3. The number of likely N-dealkylation sites (tertiary alicyclic amines) is 1. The molecule has 0 aromatic carbocycles. The smallest absolute Gasteiger partial charge is 0.272 e. The molecular weight excluding hydrogens is 264 g/mol. The van der Waals surface area contributed by atoms with Crippen molar-refractivity contribution in [2.24, 2.45) is 0 Å². The van der Waals surface area contributed by atoms with Crippen LogP contribution >= 0.6 is 12.4 Å². The molecule has 2 N–H and O–H groups in total. The van der Waals surface area contributed by atoms with Crippen molar-refractivity contribution in [3.8, 4) is 0 Å². The third-order valence-electron chi connectivity index (χ3n) is 3.46. The van der Waals surface area contributed by atoms with Gasteiger partial charge in [0.2, 0.25) is 0 Å². The summed E-state index contributed by atoms with van der Waals surface area (Å²) in [6, 6.07) is 5.42. The van der Waals surface area contributed by atoms with Crippen molar-refractivity contribution in [1.82, 2.24) is 14.8 Å². The van der Waals surface area contributed by atoms with Gasteiger partial charge in [-0.25, -0.2) is 4.98 Å². The molecule has 19 heavy (non-hydrogen) atoms. The summed E-state index contributed by atoms with van der Waals surface area (Å²) in [5.74, 6) is 0.331. The first kappa shape index (κ1) is 15.7. The van der Waals surface area contributed by atoms with E-state index in [1.807, 2.05) is 7.05 Å². The Morgan fingerprint density at radius 2 is 2.26 bits per heavy atom. The van der Waals surface area contributed by atoms with Crippen LogP contribution in [0.5, 0.6) is 0 Å².